The topological polar surface area (TPSA) is 12.0 Å². The molecule has 0 bridgehead atoms. The number of rotatable bonds is 3. The Morgan fingerprint density at radius 1 is 1.10 bits per heavy atom. The minimum atomic E-state index is -0.794. The van der Waals surface area contributed by atoms with Gasteiger partial charge in [-0.1, -0.05) is 30.3 Å². The van der Waals surface area contributed by atoms with E-state index in [4.69, 9.17) is 0 Å². The maximum Gasteiger partial charge on any atom is 0.159 e. The van der Waals surface area contributed by atoms with Gasteiger partial charge in [0.05, 0.1) is 0 Å². The second-order valence-corrected chi connectivity index (χ2v) is 5.64. The summed E-state index contributed by atoms with van der Waals surface area (Å²) in [7, 11) is 1.88. The number of likely N-dealkylation sites (N-methyl/N-ethyl adjacent to an activating group) is 1. The van der Waals surface area contributed by atoms with E-state index in [2.05, 4.69) is 29.6 Å². The smallest absolute Gasteiger partial charge is 0.159 e. The largest absolute Gasteiger partial charge is 0.312 e. The Balaban J connectivity index is 1.99. The molecule has 2 aromatic carbocycles. The molecule has 3 heteroatoms. The summed E-state index contributed by atoms with van der Waals surface area (Å²) in [6.07, 6.45) is 3.28. The first-order chi connectivity index (χ1) is 10.2. The molecule has 2 unspecified atom stereocenters. The van der Waals surface area contributed by atoms with E-state index in [0.717, 1.165) is 24.8 Å². The lowest BCUT2D eigenvalue weighted by Crippen LogP contribution is -2.26. The molecule has 21 heavy (non-hydrogen) atoms. The van der Waals surface area contributed by atoms with Crippen LogP contribution in [-0.4, -0.2) is 7.05 Å². The molecule has 1 aliphatic carbocycles. The van der Waals surface area contributed by atoms with Crippen molar-refractivity contribution in [1.82, 2.24) is 5.32 Å². The summed E-state index contributed by atoms with van der Waals surface area (Å²) in [5.41, 5.74) is 3.50. The first-order valence-electron chi connectivity index (χ1n) is 7.40. The van der Waals surface area contributed by atoms with Crippen molar-refractivity contribution in [3.63, 3.8) is 0 Å². The fourth-order valence-electron chi connectivity index (χ4n) is 3.44. The van der Waals surface area contributed by atoms with Gasteiger partial charge in [0.25, 0.3) is 0 Å². The van der Waals surface area contributed by atoms with Crippen LogP contribution >= 0.6 is 0 Å². The molecule has 0 spiro atoms. The van der Waals surface area contributed by atoms with Gasteiger partial charge < -0.3 is 5.32 Å². The van der Waals surface area contributed by atoms with Crippen LogP contribution in [0.1, 0.15) is 41.5 Å². The number of hydrogen-bond acceptors (Lipinski definition) is 1. The monoisotopic (exact) mass is 287 g/mol. The molecule has 0 saturated heterocycles. The molecule has 0 radical (unpaired) electrons. The van der Waals surface area contributed by atoms with Crippen molar-refractivity contribution in [2.24, 2.45) is 0 Å². The molecule has 1 aliphatic rings. The van der Waals surface area contributed by atoms with E-state index in [-0.39, 0.29) is 6.04 Å². The van der Waals surface area contributed by atoms with Crippen LogP contribution in [0, 0.1) is 11.6 Å². The number of halogens is 2. The number of fused-ring (bicyclic) bond motifs is 1. The maximum atomic E-state index is 13.5. The molecule has 1 nitrogen and oxygen atoms in total. The molecule has 0 saturated carbocycles. The lowest BCUT2D eigenvalue weighted by atomic mass is 9.77. The first kappa shape index (κ1) is 14.2. The van der Waals surface area contributed by atoms with Gasteiger partial charge in [-0.2, -0.15) is 0 Å². The molecule has 2 atom stereocenters. The Morgan fingerprint density at radius 3 is 2.67 bits per heavy atom. The predicted octanol–water partition coefficient (Wildman–Crippen LogP) is 4.35. The van der Waals surface area contributed by atoms with Crippen LogP contribution in [0.4, 0.5) is 8.78 Å². The average molecular weight is 287 g/mol. The fraction of sp³-hybridized carbons (Fsp3) is 0.333. The van der Waals surface area contributed by atoms with Crippen molar-refractivity contribution in [1.29, 1.82) is 0 Å². The lowest BCUT2D eigenvalue weighted by molar-refractivity contribution is 0.421. The zero-order chi connectivity index (χ0) is 14.8. The summed E-state index contributed by atoms with van der Waals surface area (Å²) >= 11 is 0. The van der Waals surface area contributed by atoms with Crippen LogP contribution in [0.15, 0.2) is 42.5 Å². The van der Waals surface area contributed by atoms with Gasteiger partial charge in [0.1, 0.15) is 0 Å². The molecule has 110 valence electrons. The highest BCUT2D eigenvalue weighted by Crippen LogP contribution is 2.40. The van der Waals surface area contributed by atoms with Crippen molar-refractivity contribution in [2.45, 2.75) is 31.2 Å². The van der Waals surface area contributed by atoms with Gasteiger partial charge in [-0.25, -0.2) is 8.78 Å². The summed E-state index contributed by atoms with van der Waals surface area (Å²) in [6, 6.07) is 12.6. The molecule has 1 N–H and O–H groups in total. The molecular weight excluding hydrogens is 268 g/mol. The van der Waals surface area contributed by atoms with Crippen molar-refractivity contribution < 1.29 is 8.78 Å². The summed E-state index contributed by atoms with van der Waals surface area (Å²) in [4.78, 5) is 0. The van der Waals surface area contributed by atoms with Gasteiger partial charge in [-0.15, -0.1) is 0 Å². The highest BCUT2D eigenvalue weighted by Gasteiger charge is 2.28. The molecule has 0 amide bonds. The second kappa shape index (κ2) is 5.94. The second-order valence-electron chi connectivity index (χ2n) is 5.64. The van der Waals surface area contributed by atoms with Crippen molar-refractivity contribution in [3.05, 3.63) is 70.8 Å². The summed E-state index contributed by atoms with van der Waals surface area (Å²) in [5.74, 6) is -1.28. The van der Waals surface area contributed by atoms with E-state index in [0.29, 0.717) is 5.92 Å². The Labute approximate surface area is 124 Å². The molecule has 0 aromatic heterocycles. The van der Waals surface area contributed by atoms with Gasteiger partial charge in [0.15, 0.2) is 11.6 Å². The Kier molecular flexibility index (Phi) is 4.02. The van der Waals surface area contributed by atoms with Gasteiger partial charge in [-0.05, 0) is 55.1 Å². The Hall–Kier alpha value is -1.74. The standard InChI is InChI=1S/C18H19F2N/c1-21-18(13-9-10-16(19)17(20)11-13)15-8-4-6-12-5-2-3-7-14(12)15/h2-3,5,7,9-11,15,18,21H,4,6,8H2,1H3. The van der Waals surface area contributed by atoms with E-state index >= 15 is 0 Å². The van der Waals surface area contributed by atoms with Crippen LogP contribution in [0.5, 0.6) is 0 Å². The fourth-order valence-corrected chi connectivity index (χ4v) is 3.44. The van der Waals surface area contributed by atoms with Crippen LogP contribution in [0.25, 0.3) is 0 Å². The lowest BCUT2D eigenvalue weighted by Gasteiger charge is -2.32. The molecule has 3 rings (SSSR count). The van der Waals surface area contributed by atoms with E-state index < -0.39 is 11.6 Å². The van der Waals surface area contributed by atoms with Crippen LogP contribution in [0.3, 0.4) is 0 Å². The molecule has 0 aliphatic heterocycles. The summed E-state index contributed by atoms with van der Waals surface area (Å²) in [6.45, 7) is 0. The quantitative estimate of drug-likeness (QED) is 0.885. The van der Waals surface area contributed by atoms with E-state index in [1.165, 1.54) is 23.3 Å². The number of hydrogen-bond donors (Lipinski definition) is 1. The van der Waals surface area contributed by atoms with E-state index in [1.54, 1.807) is 6.07 Å². The van der Waals surface area contributed by atoms with Gasteiger partial charge in [0, 0.05) is 12.0 Å². The van der Waals surface area contributed by atoms with Crippen molar-refractivity contribution in [2.75, 3.05) is 7.05 Å². The summed E-state index contributed by atoms with van der Waals surface area (Å²) in [5, 5.41) is 3.29. The third kappa shape index (κ3) is 2.70. The van der Waals surface area contributed by atoms with Crippen LogP contribution in [0.2, 0.25) is 0 Å². The number of nitrogens with one attached hydrogen (secondary N) is 1. The molecular formula is C18H19F2N. The van der Waals surface area contributed by atoms with E-state index in [9.17, 15) is 8.78 Å². The number of benzene rings is 2. The third-order valence-electron chi connectivity index (χ3n) is 4.43. The Bertz CT molecular complexity index is 639. The highest BCUT2D eigenvalue weighted by atomic mass is 19.2. The van der Waals surface area contributed by atoms with Gasteiger partial charge in [-0.3, -0.25) is 0 Å². The minimum absolute atomic E-state index is 0.00144. The van der Waals surface area contributed by atoms with Crippen molar-refractivity contribution in [3.8, 4) is 0 Å². The summed E-state index contributed by atoms with van der Waals surface area (Å²) < 4.78 is 26.7. The van der Waals surface area contributed by atoms with Crippen molar-refractivity contribution >= 4 is 0 Å². The van der Waals surface area contributed by atoms with Crippen LogP contribution in [-0.2, 0) is 6.42 Å². The minimum Gasteiger partial charge on any atom is -0.312 e. The van der Waals surface area contributed by atoms with Crippen LogP contribution < -0.4 is 5.32 Å². The third-order valence-corrected chi connectivity index (χ3v) is 4.43. The predicted molar refractivity (Wildman–Crippen MR) is 80.3 cm³/mol. The molecule has 0 heterocycles. The first-order valence-corrected chi connectivity index (χ1v) is 7.40. The van der Waals surface area contributed by atoms with E-state index in [1.807, 2.05) is 7.05 Å². The maximum absolute atomic E-state index is 13.5. The zero-order valence-corrected chi connectivity index (χ0v) is 12.1. The zero-order valence-electron chi connectivity index (χ0n) is 12.1. The highest BCUT2D eigenvalue weighted by molar-refractivity contribution is 5.36. The van der Waals surface area contributed by atoms with Gasteiger partial charge in [0.2, 0.25) is 0 Å². The van der Waals surface area contributed by atoms with Gasteiger partial charge >= 0.3 is 0 Å². The molecule has 2 aromatic rings. The normalized spacial score (nSPS) is 19.1. The number of aryl methyl sites for hydroxylation is 1. The average Bonchev–Trinajstić information content (AvgIpc) is 2.52. The molecule has 0 fully saturated rings. The Morgan fingerprint density at radius 2 is 1.90 bits per heavy atom. The SMILES string of the molecule is CNC(c1ccc(F)c(F)c1)C1CCCc2ccccc21.